The van der Waals surface area contributed by atoms with Gasteiger partial charge in [0.1, 0.15) is 5.60 Å². The van der Waals surface area contributed by atoms with Gasteiger partial charge in [0, 0.05) is 38.4 Å². The molecule has 0 aliphatic carbocycles. The summed E-state index contributed by atoms with van der Waals surface area (Å²) in [5.74, 6) is 0.464. The van der Waals surface area contributed by atoms with Crippen molar-refractivity contribution in [3.8, 4) is 0 Å². The lowest BCUT2D eigenvalue weighted by Gasteiger charge is -2.36. The van der Waals surface area contributed by atoms with Crippen LogP contribution in [0.3, 0.4) is 0 Å². The van der Waals surface area contributed by atoms with E-state index in [0.29, 0.717) is 38.7 Å². The van der Waals surface area contributed by atoms with Crippen LogP contribution in [0.15, 0.2) is 29.5 Å². The largest absolute Gasteiger partial charge is 0.444 e. The second-order valence-corrected chi connectivity index (χ2v) is 7.17. The Kier molecular flexibility index (Phi) is 4.97. The summed E-state index contributed by atoms with van der Waals surface area (Å²) in [7, 11) is 0. The van der Waals surface area contributed by atoms with Crippen LogP contribution in [0.1, 0.15) is 26.5 Å². The first-order chi connectivity index (χ1) is 12.3. The molecule has 1 aliphatic rings. The highest BCUT2D eigenvalue weighted by Crippen LogP contribution is 2.12. The normalized spacial score (nSPS) is 16.2. The second-order valence-electron chi connectivity index (χ2n) is 7.17. The monoisotopic (exact) mass is 359 g/mol. The van der Waals surface area contributed by atoms with Gasteiger partial charge in [-0.05, 0) is 26.8 Å². The van der Waals surface area contributed by atoms with Crippen LogP contribution in [-0.4, -0.2) is 68.2 Å². The molecule has 0 spiro atoms. The Morgan fingerprint density at radius 3 is 2.58 bits per heavy atom. The summed E-state index contributed by atoms with van der Waals surface area (Å²) in [5, 5.41) is 4.24. The van der Waals surface area contributed by atoms with Crippen molar-refractivity contribution in [2.45, 2.75) is 32.9 Å². The molecule has 1 aliphatic heterocycles. The molecule has 140 valence electrons. The van der Waals surface area contributed by atoms with Gasteiger partial charge >= 0.3 is 6.09 Å². The predicted octanol–water partition coefficient (Wildman–Crippen LogP) is 1.10. The van der Waals surface area contributed by atoms with Crippen molar-refractivity contribution in [2.75, 3.05) is 26.2 Å². The van der Waals surface area contributed by atoms with Crippen molar-refractivity contribution in [3.63, 3.8) is 0 Å². The molecule has 0 unspecified atom stereocenters. The maximum absolute atomic E-state index is 12.1. The Morgan fingerprint density at radius 2 is 1.88 bits per heavy atom. The number of amides is 1. The number of nitrogens with zero attached hydrogens (tertiary/aromatic N) is 6. The zero-order valence-electron chi connectivity index (χ0n) is 15.4. The van der Waals surface area contributed by atoms with E-state index < -0.39 is 5.60 Å². The number of piperazine rings is 1. The van der Waals surface area contributed by atoms with E-state index in [1.165, 1.54) is 0 Å². The number of rotatable bonds is 2. The van der Waals surface area contributed by atoms with E-state index in [2.05, 4.69) is 15.1 Å². The lowest BCUT2D eigenvalue weighted by atomic mass is 10.2. The molecule has 0 atom stereocenters. The van der Waals surface area contributed by atoms with E-state index in [1.807, 2.05) is 37.8 Å². The molecule has 0 radical (unpaired) electrons. The minimum Gasteiger partial charge on any atom is -0.444 e. The third-order valence-corrected chi connectivity index (χ3v) is 4.03. The highest BCUT2D eigenvalue weighted by Gasteiger charge is 2.26. The second kappa shape index (κ2) is 7.19. The first-order valence-corrected chi connectivity index (χ1v) is 8.64. The number of ether oxygens (including phenoxy) is 1. The van der Waals surface area contributed by atoms with Crippen molar-refractivity contribution in [1.29, 1.82) is 0 Å². The standard InChI is InChI=1S/C17H25N7O2/c1-17(2,3)26-16(25)23-10-8-22(9-11-23)15(18)20-12-13-4-6-19-14-5-7-21-24(13)14/h4-7H,8-12H2,1-3H3,(H2,18,20). The maximum atomic E-state index is 12.1. The molecule has 2 N–H and O–H groups in total. The average Bonchev–Trinajstić information content (AvgIpc) is 3.07. The molecule has 2 aromatic heterocycles. The van der Waals surface area contributed by atoms with Gasteiger partial charge in [0.25, 0.3) is 0 Å². The minimum atomic E-state index is -0.489. The molecule has 0 aromatic carbocycles. The Hall–Kier alpha value is -2.84. The number of aliphatic imine (C=N–C) groups is 1. The summed E-state index contributed by atoms with van der Waals surface area (Å²) < 4.78 is 7.15. The highest BCUT2D eigenvalue weighted by atomic mass is 16.6. The van der Waals surface area contributed by atoms with Crippen molar-refractivity contribution in [2.24, 2.45) is 10.7 Å². The quantitative estimate of drug-likeness (QED) is 0.636. The molecule has 2 aromatic rings. The molecule has 1 fully saturated rings. The van der Waals surface area contributed by atoms with Gasteiger partial charge in [0.15, 0.2) is 11.6 Å². The average molecular weight is 359 g/mol. The van der Waals surface area contributed by atoms with E-state index in [4.69, 9.17) is 10.5 Å². The summed E-state index contributed by atoms with van der Waals surface area (Å²) in [6.07, 6.45) is 3.15. The van der Waals surface area contributed by atoms with Gasteiger partial charge in [-0.1, -0.05) is 0 Å². The van der Waals surface area contributed by atoms with Crippen LogP contribution in [-0.2, 0) is 11.3 Å². The molecule has 9 nitrogen and oxygen atoms in total. The van der Waals surface area contributed by atoms with Crippen LogP contribution in [0.4, 0.5) is 4.79 Å². The number of nitrogens with two attached hydrogens (primary N) is 1. The zero-order chi connectivity index (χ0) is 18.7. The number of carbonyl (C=O) groups excluding carboxylic acids is 1. The van der Waals surface area contributed by atoms with Gasteiger partial charge < -0.3 is 20.3 Å². The summed E-state index contributed by atoms with van der Waals surface area (Å²) >= 11 is 0. The molecular formula is C17H25N7O2. The van der Waals surface area contributed by atoms with Crippen LogP contribution in [0.5, 0.6) is 0 Å². The first kappa shape index (κ1) is 18.0. The van der Waals surface area contributed by atoms with Gasteiger partial charge in [-0.2, -0.15) is 5.10 Å². The van der Waals surface area contributed by atoms with Crippen LogP contribution in [0, 0.1) is 0 Å². The SMILES string of the molecule is CC(C)(C)OC(=O)N1CCN(C(N)=NCc2ccnc3ccnn23)CC1. The lowest BCUT2D eigenvalue weighted by molar-refractivity contribution is 0.0186. The summed E-state index contributed by atoms with van der Waals surface area (Å²) in [5.41, 5.74) is 7.34. The van der Waals surface area contributed by atoms with E-state index in [0.717, 1.165) is 11.3 Å². The van der Waals surface area contributed by atoms with Crippen LogP contribution >= 0.6 is 0 Å². The molecular weight excluding hydrogens is 334 g/mol. The number of fused-ring (bicyclic) bond motifs is 1. The minimum absolute atomic E-state index is 0.287. The van der Waals surface area contributed by atoms with E-state index in [1.54, 1.807) is 21.8 Å². The van der Waals surface area contributed by atoms with Crippen molar-refractivity contribution < 1.29 is 9.53 Å². The number of hydrogen-bond acceptors (Lipinski definition) is 5. The Morgan fingerprint density at radius 1 is 1.19 bits per heavy atom. The predicted molar refractivity (Wildman–Crippen MR) is 97.7 cm³/mol. The van der Waals surface area contributed by atoms with Gasteiger partial charge in [-0.3, -0.25) is 0 Å². The smallest absolute Gasteiger partial charge is 0.410 e. The van der Waals surface area contributed by atoms with E-state index >= 15 is 0 Å². The van der Waals surface area contributed by atoms with Crippen LogP contribution in [0.25, 0.3) is 5.65 Å². The fraction of sp³-hybridized carbons (Fsp3) is 0.529. The third kappa shape index (κ3) is 4.22. The summed E-state index contributed by atoms with van der Waals surface area (Å²) in [6.45, 7) is 8.38. The Bertz CT molecular complexity index is 801. The number of aromatic nitrogens is 3. The molecule has 0 saturated carbocycles. The molecule has 0 bridgehead atoms. The molecule has 3 heterocycles. The van der Waals surface area contributed by atoms with Crippen molar-refractivity contribution >= 4 is 17.7 Å². The maximum Gasteiger partial charge on any atom is 0.410 e. The van der Waals surface area contributed by atoms with Gasteiger partial charge in [0.05, 0.1) is 18.4 Å². The Balaban J connectivity index is 1.56. The van der Waals surface area contributed by atoms with E-state index in [-0.39, 0.29) is 6.09 Å². The molecule has 1 saturated heterocycles. The molecule has 3 rings (SSSR count). The fourth-order valence-electron chi connectivity index (χ4n) is 2.71. The molecule has 9 heteroatoms. The summed E-state index contributed by atoms with van der Waals surface area (Å²) in [6, 6.07) is 3.71. The van der Waals surface area contributed by atoms with Crippen molar-refractivity contribution in [1.82, 2.24) is 24.4 Å². The van der Waals surface area contributed by atoms with Gasteiger partial charge in [0.2, 0.25) is 0 Å². The first-order valence-electron chi connectivity index (χ1n) is 8.64. The van der Waals surface area contributed by atoms with Crippen LogP contribution < -0.4 is 5.73 Å². The lowest BCUT2D eigenvalue weighted by Crippen LogP contribution is -2.53. The van der Waals surface area contributed by atoms with E-state index in [9.17, 15) is 4.79 Å². The topological polar surface area (TPSA) is 101 Å². The fourth-order valence-corrected chi connectivity index (χ4v) is 2.71. The molecule has 26 heavy (non-hydrogen) atoms. The third-order valence-electron chi connectivity index (χ3n) is 4.03. The molecule has 1 amide bonds. The number of guanidine groups is 1. The Labute approximate surface area is 152 Å². The zero-order valence-corrected chi connectivity index (χ0v) is 15.4. The van der Waals surface area contributed by atoms with Crippen molar-refractivity contribution in [3.05, 3.63) is 30.2 Å². The number of hydrogen-bond donors (Lipinski definition) is 1. The number of carbonyl (C=O) groups is 1. The highest BCUT2D eigenvalue weighted by molar-refractivity contribution is 5.78. The van der Waals surface area contributed by atoms with Crippen LogP contribution in [0.2, 0.25) is 0 Å². The van der Waals surface area contributed by atoms with Gasteiger partial charge in [-0.15, -0.1) is 0 Å². The summed E-state index contributed by atoms with van der Waals surface area (Å²) in [4.78, 5) is 24.5. The van der Waals surface area contributed by atoms with Gasteiger partial charge in [-0.25, -0.2) is 19.3 Å².